The molecular formula is C15H12BrN3O. The van der Waals surface area contributed by atoms with Crippen molar-refractivity contribution in [3.63, 3.8) is 0 Å². The molecule has 0 aliphatic heterocycles. The van der Waals surface area contributed by atoms with E-state index in [0.29, 0.717) is 12.2 Å². The van der Waals surface area contributed by atoms with Gasteiger partial charge >= 0.3 is 0 Å². The number of hydrogen-bond acceptors (Lipinski definition) is 2. The number of benzene rings is 1. The zero-order valence-electron chi connectivity index (χ0n) is 10.6. The largest absolute Gasteiger partial charge is 0.347 e. The maximum atomic E-state index is 12.1. The van der Waals surface area contributed by atoms with Crippen molar-refractivity contribution in [1.82, 2.24) is 14.7 Å². The van der Waals surface area contributed by atoms with Crippen molar-refractivity contribution >= 4 is 27.5 Å². The van der Waals surface area contributed by atoms with Gasteiger partial charge in [0.05, 0.1) is 0 Å². The number of fused-ring (bicyclic) bond motifs is 1. The van der Waals surface area contributed by atoms with Crippen LogP contribution in [0.15, 0.2) is 59.3 Å². The molecule has 0 saturated heterocycles. The molecule has 0 atom stereocenters. The molecule has 0 aliphatic carbocycles. The molecule has 1 amide bonds. The molecule has 0 unspecified atom stereocenters. The Morgan fingerprint density at radius 1 is 1.25 bits per heavy atom. The third kappa shape index (κ3) is 2.72. The fraction of sp³-hybridized carbons (Fsp3) is 0.0667. The second kappa shape index (κ2) is 5.46. The number of nitrogens with one attached hydrogen (secondary N) is 1. The second-order valence-corrected chi connectivity index (χ2v) is 5.32. The summed E-state index contributed by atoms with van der Waals surface area (Å²) in [6.07, 6.45) is 3.60. The number of nitrogens with zero attached hydrogens (tertiary/aromatic N) is 2. The Labute approximate surface area is 124 Å². The van der Waals surface area contributed by atoms with Gasteiger partial charge in [-0.15, -0.1) is 0 Å². The van der Waals surface area contributed by atoms with Crippen molar-refractivity contribution in [2.24, 2.45) is 0 Å². The number of aromatic nitrogens is 2. The summed E-state index contributed by atoms with van der Waals surface area (Å²) in [5.74, 6) is -0.173. The number of carbonyl (C=O) groups is 1. The van der Waals surface area contributed by atoms with E-state index in [4.69, 9.17) is 0 Å². The summed E-state index contributed by atoms with van der Waals surface area (Å²) in [6, 6.07) is 13.5. The Kier molecular flexibility index (Phi) is 3.52. The van der Waals surface area contributed by atoms with Gasteiger partial charge in [0.15, 0.2) is 0 Å². The lowest BCUT2D eigenvalue weighted by Crippen LogP contribution is -2.23. The van der Waals surface area contributed by atoms with Crippen LogP contribution >= 0.6 is 15.9 Å². The highest BCUT2D eigenvalue weighted by Crippen LogP contribution is 2.11. The summed E-state index contributed by atoms with van der Waals surface area (Å²) < 4.78 is 2.82. The molecule has 20 heavy (non-hydrogen) atoms. The molecule has 5 heteroatoms. The van der Waals surface area contributed by atoms with E-state index in [9.17, 15) is 4.79 Å². The minimum atomic E-state index is -0.173. The van der Waals surface area contributed by atoms with Gasteiger partial charge in [0.1, 0.15) is 11.3 Å². The van der Waals surface area contributed by atoms with Crippen LogP contribution in [0.25, 0.3) is 5.65 Å². The maximum absolute atomic E-state index is 12.1. The number of imidazole rings is 1. The summed E-state index contributed by atoms with van der Waals surface area (Å²) >= 11 is 3.41. The van der Waals surface area contributed by atoms with Crippen LogP contribution in [-0.2, 0) is 6.54 Å². The molecule has 2 aromatic heterocycles. The van der Waals surface area contributed by atoms with Crippen molar-refractivity contribution in [2.75, 3.05) is 0 Å². The normalized spacial score (nSPS) is 10.7. The number of amides is 1. The van der Waals surface area contributed by atoms with Gasteiger partial charge in [-0.25, -0.2) is 4.98 Å². The van der Waals surface area contributed by atoms with Gasteiger partial charge in [-0.05, 0) is 29.8 Å². The Hall–Kier alpha value is -2.14. The average Bonchev–Trinajstić information content (AvgIpc) is 2.89. The van der Waals surface area contributed by atoms with Gasteiger partial charge in [-0.2, -0.15) is 0 Å². The highest BCUT2D eigenvalue weighted by Gasteiger charge is 2.09. The van der Waals surface area contributed by atoms with E-state index in [-0.39, 0.29) is 5.91 Å². The van der Waals surface area contributed by atoms with E-state index >= 15 is 0 Å². The van der Waals surface area contributed by atoms with Crippen LogP contribution < -0.4 is 5.32 Å². The number of carbonyl (C=O) groups excluding carboxylic acids is 1. The first-order chi connectivity index (χ1) is 9.72. The van der Waals surface area contributed by atoms with Crippen molar-refractivity contribution in [2.45, 2.75) is 6.54 Å². The van der Waals surface area contributed by atoms with E-state index in [0.717, 1.165) is 15.7 Å². The Morgan fingerprint density at radius 2 is 2.15 bits per heavy atom. The van der Waals surface area contributed by atoms with Crippen LogP contribution in [-0.4, -0.2) is 15.3 Å². The first-order valence-corrected chi connectivity index (χ1v) is 6.98. The fourth-order valence-corrected chi connectivity index (χ4v) is 2.41. The van der Waals surface area contributed by atoms with Crippen LogP contribution in [0.2, 0.25) is 0 Å². The summed E-state index contributed by atoms with van der Waals surface area (Å²) in [5, 5.41) is 2.87. The van der Waals surface area contributed by atoms with E-state index < -0.39 is 0 Å². The number of rotatable bonds is 3. The molecule has 100 valence electrons. The van der Waals surface area contributed by atoms with Crippen molar-refractivity contribution in [1.29, 1.82) is 0 Å². The third-order valence-corrected chi connectivity index (χ3v) is 3.43. The zero-order valence-corrected chi connectivity index (χ0v) is 12.2. The van der Waals surface area contributed by atoms with Gasteiger partial charge in [0.25, 0.3) is 5.91 Å². The smallest absolute Gasteiger partial charge is 0.271 e. The summed E-state index contributed by atoms with van der Waals surface area (Å²) in [6.45, 7) is 0.478. The molecule has 0 saturated carbocycles. The molecule has 4 nitrogen and oxygen atoms in total. The van der Waals surface area contributed by atoms with Crippen LogP contribution in [0.5, 0.6) is 0 Å². The standard InChI is InChI=1S/C15H12BrN3O/c16-12-5-3-4-11(8-12)9-17-15(20)13-10-19-7-2-1-6-14(19)18-13/h1-8,10H,9H2,(H,17,20). The second-order valence-electron chi connectivity index (χ2n) is 4.40. The molecule has 1 N–H and O–H groups in total. The molecule has 0 fully saturated rings. The molecule has 3 rings (SSSR count). The monoisotopic (exact) mass is 329 g/mol. The first kappa shape index (κ1) is 12.9. The van der Waals surface area contributed by atoms with E-state index in [1.165, 1.54) is 0 Å². The fourth-order valence-electron chi connectivity index (χ4n) is 1.96. The lowest BCUT2D eigenvalue weighted by atomic mass is 10.2. The minimum Gasteiger partial charge on any atom is -0.347 e. The molecule has 0 bridgehead atoms. The van der Waals surface area contributed by atoms with E-state index in [1.807, 2.05) is 53.1 Å². The number of hydrogen-bond donors (Lipinski definition) is 1. The van der Waals surface area contributed by atoms with E-state index in [2.05, 4.69) is 26.2 Å². The Balaban J connectivity index is 1.73. The predicted octanol–water partition coefficient (Wildman–Crippen LogP) is 3.03. The molecular weight excluding hydrogens is 318 g/mol. The van der Waals surface area contributed by atoms with Crippen LogP contribution in [0.3, 0.4) is 0 Å². The third-order valence-electron chi connectivity index (χ3n) is 2.94. The molecule has 2 heterocycles. The van der Waals surface area contributed by atoms with Crippen LogP contribution in [0.1, 0.15) is 16.1 Å². The van der Waals surface area contributed by atoms with Crippen molar-refractivity contribution in [3.05, 3.63) is 70.6 Å². The zero-order chi connectivity index (χ0) is 13.9. The predicted molar refractivity (Wildman–Crippen MR) is 80.5 cm³/mol. The summed E-state index contributed by atoms with van der Waals surface area (Å²) in [4.78, 5) is 16.4. The minimum absolute atomic E-state index is 0.173. The van der Waals surface area contributed by atoms with Crippen LogP contribution in [0, 0.1) is 0 Å². The van der Waals surface area contributed by atoms with Gasteiger partial charge < -0.3 is 9.72 Å². The van der Waals surface area contributed by atoms with Gasteiger partial charge in [0.2, 0.25) is 0 Å². The topological polar surface area (TPSA) is 46.4 Å². The Morgan fingerprint density at radius 3 is 2.95 bits per heavy atom. The molecule has 3 aromatic rings. The lowest BCUT2D eigenvalue weighted by Gasteiger charge is -2.03. The molecule has 1 aromatic carbocycles. The van der Waals surface area contributed by atoms with Crippen molar-refractivity contribution < 1.29 is 4.79 Å². The van der Waals surface area contributed by atoms with Gasteiger partial charge in [-0.3, -0.25) is 4.79 Å². The molecule has 0 aliphatic rings. The quantitative estimate of drug-likeness (QED) is 0.802. The van der Waals surface area contributed by atoms with E-state index in [1.54, 1.807) is 6.20 Å². The summed E-state index contributed by atoms with van der Waals surface area (Å²) in [7, 11) is 0. The SMILES string of the molecule is O=C(NCc1cccc(Br)c1)c1cn2ccccc2n1. The average molecular weight is 330 g/mol. The molecule has 0 radical (unpaired) electrons. The Bertz CT molecular complexity index is 733. The molecule has 0 spiro atoms. The lowest BCUT2D eigenvalue weighted by molar-refractivity contribution is 0.0946. The highest BCUT2D eigenvalue weighted by molar-refractivity contribution is 9.10. The highest BCUT2D eigenvalue weighted by atomic mass is 79.9. The van der Waals surface area contributed by atoms with Crippen molar-refractivity contribution in [3.8, 4) is 0 Å². The first-order valence-electron chi connectivity index (χ1n) is 6.19. The van der Waals surface area contributed by atoms with Gasteiger partial charge in [0, 0.05) is 23.4 Å². The van der Waals surface area contributed by atoms with Gasteiger partial charge in [-0.1, -0.05) is 34.1 Å². The maximum Gasteiger partial charge on any atom is 0.271 e. The van der Waals surface area contributed by atoms with Crippen LogP contribution in [0.4, 0.5) is 0 Å². The number of pyridine rings is 1. The summed E-state index contributed by atoms with van der Waals surface area (Å²) in [5.41, 5.74) is 2.22. The number of halogens is 1.